The summed E-state index contributed by atoms with van der Waals surface area (Å²) in [7, 11) is -3.78. The van der Waals surface area contributed by atoms with Crippen molar-refractivity contribution in [2.24, 2.45) is 0 Å². The number of carbonyl (C=O) groups is 1. The number of aromatic carboxylic acids is 1. The van der Waals surface area contributed by atoms with Crippen molar-refractivity contribution in [2.75, 3.05) is 5.32 Å². The highest BCUT2D eigenvalue weighted by Gasteiger charge is 2.22. The molecule has 0 aliphatic carbocycles. The van der Waals surface area contributed by atoms with Crippen LogP contribution in [0.4, 0.5) is 5.69 Å². The Hall–Kier alpha value is -1.60. The van der Waals surface area contributed by atoms with Crippen molar-refractivity contribution in [3.8, 4) is 0 Å². The molecule has 0 radical (unpaired) electrons. The van der Waals surface area contributed by atoms with Gasteiger partial charge in [-0.15, -0.1) is 0 Å². The first-order valence-electron chi connectivity index (χ1n) is 6.83. The molecular weight excluding hydrogens is 292 g/mol. The minimum Gasteiger partial charge on any atom is -0.478 e. The van der Waals surface area contributed by atoms with Gasteiger partial charge in [0, 0.05) is 12.1 Å². The monoisotopic (exact) mass is 314 g/mol. The Morgan fingerprint density at radius 3 is 2.38 bits per heavy atom. The molecule has 6 nitrogen and oxygen atoms in total. The third-order valence-corrected chi connectivity index (χ3v) is 4.56. The van der Waals surface area contributed by atoms with E-state index in [-0.39, 0.29) is 22.5 Å². The number of benzene rings is 1. The first-order valence-corrected chi connectivity index (χ1v) is 8.32. The van der Waals surface area contributed by atoms with Crippen LogP contribution in [0.25, 0.3) is 0 Å². The van der Waals surface area contributed by atoms with Crippen LogP contribution in [0.15, 0.2) is 23.1 Å². The molecule has 0 aliphatic rings. The molecule has 0 aromatic heterocycles. The molecule has 0 amide bonds. The molecule has 3 N–H and O–H groups in total. The van der Waals surface area contributed by atoms with Gasteiger partial charge in [0.05, 0.1) is 11.3 Å². The van der Waals surface area contributed by atoms with Crippen molar-refractivity contribution < 1.29 is 18.3 Å². The Morgan fingerprint density at radius 2 is 1.90 bits per heavy atom. The predicted molar refractivity (Wildman–Crippen MR) is 82.2 cm³/mol. The first-order chi connectivity index (χ1) is 9.67. The molecule has 1 aromatic carbocycles. The maximum Gasteiger partial charge on any atom is 0.335 e. The van der Waals surface area contributed by atoms with E-state index >= 15 is 0 Å². The zero-order chi connectivity index (χ0) is 16.2. The highest BCUT2D eigenvalue weighted by Crippen LogP contribution is 2.24. The standard InChI is InChI=1S/C14H22N2O4S/c1-5-10(4)16-21(19,20)13-8-11(14(17)18)6-7-12(13)15-9(2)3/h6-10,15-16H,5H2,1-4H3,(H,17,18). The van der Waals surface area contributed by atoms with Crippen molar-refractivity contribution in [3.63, 3.8) is 0 Å². The SMILES string of the molecule is CCC(C)NS(=O)(=O)c1cc(C(=O)O)ccc1NC(C)C. The molecular formula is C14H22N2O4S. The van der Waals surface area contributed by atoms with Gasteiger partial charge in [0.2, 0.25) is 10.0 Å². The van der Waals surface area contributed by atoms with Gasteiger partial charge in [-0.3, -0.25) is 0 Å². The lowest BCUT2D eigenvalue weighted by Gasteiger charge is -2.18. The zero-order valence-electron chi connectivity index (χ0n) is 12.7. The smallest absolute Gasteiger partial charge is 0.335 e. The van der Waals surface area contributed by atoms with Gasteiger partial charge in [-0.25, -0.2) is 17.9 Å². The van der Waals surface area contributed by atoms with Gasteiger partial charge in [-0.05, 0) is 45.4 Å². The zero-order valence-corrected chi connectivity index (χ0v) is 13.5. The second-order valence-electron chi connectivity index (χ2n) is 5.25. The number of carboxylic acid groups (broad SMARTS) is 1. The van der Waals surface area contributed by atoms with Crippen LogP contribution in [-0.2, 0) is 10.0 Å². The van der Waals surface area contributed by atoms with E-state index in [0.29, 0.717) is 12.1 Å². The summed E-state index contributed by atoms with van der Waals surface area (Å²) in [6.45, 7) is 7.38. The molecule has 118 valence electrons. The van der Waals surface area contributed by atoms with Gasteiger partial charge in [-0.2, -0.15) is 0 Å². The van der Waals surface area contributed by atoms with E-state index in [1.54, 1.807) is 6.92 Å². The number of hydrogen-bond acceptors (Lipinski definition) is 4. The summed E-state index contributed by atoms with van der Waals surface area (Å²) >= 11 is 0. The van der Waals surface area contributed by atoms with Gasteiger partial charge in [-0.1, -0.05) is 6.92 Å². The van der Waals surface area contributed by atoms with Crippen LogP contribution in [-0.4, -0.2) is 31.6 Å². The fraction of sp³-hybridized carbons (Fsp3) is 0.500. The van der Waals surface area contributed by atoms with E-state index in [2.05, 4.69) is 10.0 Å². The topological polar surface area (TPSA) is 95.5 Å². The third-order valence-electron chi connectivity index (χ3n) is 2.93. The molecule has 7 heteroatoms. The van der Waals surface area contributed by atoms with E-state index in [9.17, 15) is 13.2 Å². The van der Waals surface area contributed by atoms with Crippen molar-refractivity contribution in [2.45, 2.75) is 51.1 Å². The molecule has 0 heterocycles. The van der Waals surface area contributed by atoms with Crippen molar-refractivity contribution in [3.05, 3.63) is 23.8 Å². The molecule has 21 heavy (non-hydrogen) atoms. The van der Waals surface area contributed by atoms with Gasteiger partial charge >= 0.3 is 5.97 Å². The molecule has 0 aliphatic heterocycles. The summed E-state index contributed by atoms with van der Waals surface area (Å²) in [5.74, 6) is -1.16. The fourth-order valence-corrected chi connectivity index (χ4v) is 3.24. The Morgan fingerprint density at radius 1 is 1.29 bits per heavy atom. The molecule has 1 atom stereocenters. The number of rotatable bonds is 7. The highest BCUT2D eigenvalue weighted by molar-refractivity contribution is 7.89. The molecule has 1 rings (SSSR count). The molecule has 1 aromatic rings. The van der Waals surface area contributed by atoms with Crippen LogP contribution in [0.3, 0.4) is 0 Å². The van der Waals surface area contributed by atoms with Crippen LogP contribution >= 0.6 is 0 Å². The summed E-state index contributed by atoms with van der Waals surface area (Å²) in [6.07, 6.45) is 0.644. The van der Waals surface area contributed by atoms with Crippen LogP contribution < -0.4 is 10.0 Å². The number of nitrogens with one attached hydrogen (secondary N) is 2. The van der Waals surface area contributed by atoms with Gasteiger partial charge < -0.3 is 10.4 Å². The average Bonchev–Trinajstić information content (AvgIpc) is 2.37. The summed E-state index contributed by atoms with van der Waals surface area (Å²) < 4.78 is 27.4. The number of sulfonamides is 1. The summed E-state index contributed by atoms with van der Waals surface area (Å²) in [5.41, 5.74) is 0.333. The van der Waals surface area contributed by atoms with Crippen LogP contribution in [0, 0.1) is 0 Å². The van der Waals surface area contributed by atoms with Gasteiger partial charge in [0.25, 0.3) is 0 Å². The normalized spacial score (nSPS) is 13.2. The second-order valence-corrected chi connectivity index (χ2v) is 6.93. The lowest BCUT2D eigenvalue weighted by atomic mass is 10.2. The summed E-state index contributed by atoms with van der Waals surface area (Å²) in [5, 5.41) is 12.1. The Kier molecular flexibility index (Phi) is 5.74. The highest BCUT2D eigenvalue weighted by atomic mass is 32.2. The van der Waals surface area contributed by atoms with Crippen LogP contribution in [0.1, 0.15) is 44.5 Å². The molecule has 0 bridgehead atoms. The second kappa shape index (κ2) is 6.91. The summed E-state index contributed by atoms with van der Waals surface area (Å²) in [6, 6.07) is 3.84. The largest absolute Gasteiger partial charge is 0.478 e. The average molecular weight is 314 g/mol. The van der Waals surface area contributed by atoms with E-state index in [1.165, 1.54) is 18.2 Å². The minimum absolute atomic E-state index is 0.0261. The van der Waals surface area contributed by atoms with E-state index in [1.807, 2.05) is 20.8 Å². The van der Waals surface area contributed by atoms with E-state index in [0.717, 1.165) is 0 Å². The van der Waals surface area contributed by atoms with E-state index < -0.39 is 16.0 Å². The lowest BCUT2D eigenvalue weighted by Crippen LogP contribution is -2.33. The Labute approximate surface area is 125 Å². The fourth-order valence-electron chi connectivity index (χ4n) is 1.72. The van der Waals surface area contributed by atoms with Gasteiger partial charge in [0.1, 0.15) is 4.90 Å². The van der Waals surface area contributed by atoms with Crippen LogP contribution in [0.5, 0.6) is 0 Å². The molecule has 0 spiro atoms. The maximum atomic E-state index is 12.4. The molecule has 0 saturated heterocycles. The van der Waals surface area contributed by atoms with Gasteiger partial charge in [0.15, 0.2) is 0 Å². The number of anilines is 1. The number of hydrogen-bond donors (Lipinski definition) is 3. The molecule has 0 fully saturated rings. The Bertz CT molecular complexity index is 611. The molecule has 1 unspecified atom stereocenters. The Balaban J connectivity index is 3.34. The van der Waals surface area contributed by atoms with Crippen molar-refractivity contribution >= 4 is 21.7 Å². The van der Waals surface area contributed by atoms with E-state index in [4.69, 9.17) is 5.11 Å². The minimum atomic E-state index is -3.78. The van der Waals surface area contributed by atoms with Crippen molar-refractivity contribution in [1.29, 1.82) is 0 Å². The lowest BCUT2D eigenvalue weighted by molar-refractivity contribution is 0.0696. The predicted octanol–water partition coefficient (Wildman–Crippen LogP) is 2.28. The summed E-state index contributed by atoms with van der Waals surface area (Å²) in [4.78, 5) is 11.0. The maximum absolute atomic E-state index is 12.4. The quantitative estimate of drug-likeness (QED) is 0.717. The first kappa shape index (κ1) is 17.5. The third kappa shape index (κ3) is 4.71. The van der Waals surface area contributed by atoms with Crippen molar-refractivity contribution in [1.82, 2.24) is 4.72 Å². The molecule has 0 saturated carbocycles. The number of carboxylic acids is 1. The van der Waals surface area contributed by atoms with Crippen LogP contribution in [0.2, 0.25) is 0 Å².